The van der Waals surface area contributed by atoms with Crippen LogP contribution >= 0.6 is 11.6 Å². The summed E-state index contributed by atoms with van der Waals surface area (Å²) < 4.78 is 16.1. The Morgan fingerprint density at radius 2 is 1.77 bits per heavy atom. The Labute approximate surface area is 207 Å². The lowest BCUT2D eigenvalue weighted by molar-refractivity contribution is 0.264. The molecule has 35 heavy (non-hydrogen) atoms. The highest BCUT2D eigenvalue weighted by Gasteiger charge is 2.18. The van der Waals surface area contributed by atoms with Crippen molar-refractivity contribution in [1.82, 2.24) is 19.4 Å². The Kier molecular flexibility index (Phi) is 6.40. The molecule has 0 spiro atoms. The van der Waals surface area contributed by atoms with Crippen molar-refractivity contribution in [1.29, 1.82) is 0 Å². The first-order chi connectivity index (χ1) is 16.9. The van der Waals surface area contributed by atoms with Crippen molar-refractivity contribution in [3.8, 4) is 11.1 Å². The minimum Gasteiger partial charge on any atom is -0.382 e. The van der Waals surface area contributed by atoms with E-state index in [-0.39, 0.29) is 27.0 Å². The van der Waals surface area contributed by atoms with Crippen molar-refractivity contribution in [2.45, 2.75) is 18.9 Å². The van der Waals surface area contributed by atoms with E-state index in [1.807, 2.05) is 24.3 Å². The zero-order valence-corrected chi connectivity index (χ0v) is 20.3. The second kappa shape index (κ2) is 9.64. The Bertz CT molecular complexity index is 1410. The summed E-state index contributed by atoms with van der Waals surface area (Å²) in [6.07, 6.45) is 5.27. The predicted molar refractivity (Wildman–Crippen MR) is 139 cm³/mol. The molecule has 1 aliphatic rings. The molecule has 0 atom stereocenters. The van der Waals surface area contributed by atoms with Gasteiger partial charge in [0.15, 0.2) is 0 Å². The Morgan fingerprint density at radius 3 is 2.49 bits per heavy atom. The van der Waals surface area contributed by atoms with Crippen LogP contribution in [0.1, 0.15) is 12.8 Å². The van der Waals surface area contributed by atoms with E-state index < -0.39 is 5.82 Å². The van der Waals surface area contributed by atoms with E-state index in [2.05, 4.69) is 32.5 Å². The van der Waals surface area contributed by atoms with Gasteiger partial charge >= 0.3 is 0 Å². The predicted octanol–water partition coefficient (Wildman–Crippen LogP) is 5.04. The number of anilines is 3. The van der Waals surface area contributed by atoms with Crippen molar-refractivity contribution in [2.75, 3.05) is 30.8 Å². The van der Waals surface area contributed by atoms with Crippen LogP contribution in [0.4, 0.5) is 21.7 Å². The number of hydrogen-bond acceptors (Lipinski definition) is 6. The van der Waals surface area contributed by atoms with Gasteiger partial charge in [0.25, 0.3) is 0 Å². The first-order valence-corrected chi connectivity index (χ1v) is 11.9. The molecule has 180 valence electrons. The van der Waals surface area contributed by atoms with Gasteiger partial charge in [0.2, 0.25) is 11.4 Å². The molecule has 2 N–H and O–H groups in total. The van der Waals surface area contributed by atoms with E-state index in [9.17, 15) is 9.18 Å². The molecule has 7 nitrogen and oxygen atoms in total. The van der Waals surface area contributed by atoms with Gasteiger partial charge in [-0.25, -0.2) is 9.37 Å². The lowest BCUT2D eigenvalue weighted by Gasteiger charge is -2.30. The van der Waals surface area contributed by atoms with Gasteiger partial charge in [-0.05, 0) is 69.4 Å². The van der Waals surface area contributed by atoms with E-state index in [0.717, 1.165) is 37.3 Å². The molecule has 1 saturated heterocycles. The van der Waals surface area contributed by atoms with Gasteiger partial charge in [-0.2, -0.15) is 4.98 Å². The van der Waals surface area contributed by atoms with Crippen LogP contribution in [-0.2, 0) is 7.05 Å². The summed E-state index contributed by atoms with van der Waals surface area (Å²) in [4.78, 5) is 24.3. The number of benzene rings is 2. The molecule has 3 heterocycles. The maximum absolute atomic E-state index is 14.4. The van der Waals surface area contributed by atoms with E-state index >= 15 is 0 Å². The lowest BCUT2D eigenvalue weighted by atomic mass is 10.1. The first-order valence-electron chi connectivity index (χ1n) is 11.5. The monoisotopic (exact) mass is 492 g/mol. The first kappa shape index (κ1) is 23.3. The summed E-state index contributed by atoms with van der Waals surface area (Å²) >= 11 is 6.19. The van der Waals surface area contributed by atoms with Crippen molar-refractivity contribution in [3.05, 3.63) is 75.9 Å². The number of pyridine rings is 1. The fourth-order valence-corrected chi connectivity index (χ4v) is 4.69. The van der Waals surface area contributed by atoms with E-state index in [0.29, 0.717) is 17.6 Å². The van der Waals surface area contributed by atoms with Gasteiger partial charge in [-0.1, -0.05) is 17.7 Å². The normalized spacial score (nSPS) is 14.9. The third kappa shape index (κ3) is 4.85. The second-order valence-corrected chi connectivity index (χ2v) is 9.34. The minimum atomic E-state index is -0.554. The number of rotatable bonds is 5. The molecule has 9 heteroatoms. The fourth-order valence-electron chi connectivity index (χ4n) is 4.42. The largest absolute Gasteiger partial charge is 0.382 e. The summed E-state index contributed by atoms with van der Waals surface area (Å²) in [5.41, 5.74) is 2.21. The molecule has 0 radical (unpaired) electrons. The Hall–Kier alpha value is -3.49. The van der Waals surface area contributed by atoms with Crippen LogP contribution in [0.5, 0.6) is 0 Å². The Morgan fingerprint density at radius 1 is 1.06 bits per heavy atom. The molecular weight excluding hydrogens is 467 g/mol. The highest BCUT2D eigenvalue weighted by molar-refractivity contribution is 6.33. The molecular formula is C26H26ClFN6O. The van der Waals surface area contributed by atoms with Crippen LogP contribution in [0, 0.1) is 5.82 Å². The van der Waals surface area contributed by atoms with Gasteiger partial charge in [-0.3, -0.25) is 4.79 Å². The molecule has 0 aliphatic carbocycles. The zero-order valence-electron chi connectivity index (χ0n) is 19.6. The standard InChI is InChI=1S/C26H26ClFN6O/c1-33-12-10-18(11-13-33)30-16-6-8-17(9-7-16)31-26-29-14-19-24(35)20(15-34(2)25(19)32-26)23-21(27)4-3-5-22(23)28/h3-9,14-15,18,30H,10-13H2,1-2H3,(H,29,31,32). The number of nitrogens with one attached hydrogen (secondary N) is 2. The molecule has 4 aromatic rings. The van der Waals surface area contributed by atoms with E-state index in [4.69, 9.17) is 11.6 Å². The molecule has 0 saturated carbocycles. The topological polar surface area (TPSA) is 75.1 Å². The molecule has 1 fully saturated rings. The second-order valence-electron chi connectivity index (χ2n) is 8.93. The quantitative estimate of drug-likeness (QED) is 0.406. The summed E-state index contributed by atoms with van der Waals surface area (Å²) in [5, 5.41) is 7.25. The highest BCUT2D eigenvalue weighted by atomic mass is 35.5. The van der Waals surface area contributed by atoms with Crippen LogP contribution in [0.3, 0.4) is 0 Å². The number of aromatic nitrogens is 3. The molecule has 5 rings (SSSR count). The fraction of sp³-hybridized carbons (Fsp3) is 0.269. The number of aryl methyl sites for hydroxylation is 1. The number of nitrogens with zero attached hydrogens (tertiary/aromatic N) is 4. The minimum absolute atomic E-state index is 0.0767. The molecule has 0 bridgehead atoms. The van der Waals surface area contributed by atoms with Gasteiger partial charge in [-0.15, -0.1) is 0 Å². The zero-order chi connectivity index (χ0) is 24.5. The molecule has 0 unspecified atom stereocenters. The number of halogens is 2. The van der Waals surface area contributed by atoms with Gasteiger partial charge in [0.05, 0.1) is 16.0 Å². The van der Waals surface area contributed by atoms with E-state index in [1.165, 1.54) is 18.3 Å². The molecule has 1 aliphatic heterocycles. The highest BCUT2D eigenvalue weighted by Crippen LogP contribution is 2.29. The summed E-state index contributed by atoms with van der Waals surface area (Å²) in [6, 6.07) is 12.8. The maximum atomic E-state index is 14.4. The third-order valence-electron chi connectivity index (χ3n) is 6.38. The molecule has 2 aromatic carbocycles. The van der Waals surface area contributed by atoms with Crippen molar-refractivity contribution < 1.29 is 4.39 Å². The molecule has 0 amide bonds. The number of likely N-dealkylation sites (tertiary alicyclic amines) is 1. The summed E-state index contributed by atoms with van der Waals surface area (Å²) in [7, 11) is 3.90. The van der Waals surface area contributed by atoms with Crippen LogP contribution in [0.15, 0.2) is 59.7 Å². The number of hydrogen-bond donors (Lipinski definition) is 2. The maximum Gasteiger partial charge on any atom is 0.229 e. The Balaban J connectivity index is 1.37. The summed E-state index contributed by atoms with van der Waals surface area (Å²) in [5.74, 6) is -0.192. The smallest absolute Gasteiger partial charge is 0.229 e. The SMILES string of the molecule is CN1CCC(Nc2ccc(Nc3ncc4c(=O)c(-c5c(F)cccc5Cl)cn(C)c4n3)cc2)CC1. The van der Waals surface area contributed by atoms with Crippen molar-refractivity contribution >= 4 is 40.0 Å². The van der Waals surface area contributed by atoms with Crippen molar-refractivity contribution in [3.63, 3.8) is 0 Å². The van der Waals surface area contributed by atoms with Gasteiger partial charge in [0.1, 0.15) is 11.5 Å². The van der Waals surface area contributed by atoms with Gasteiger partial charge < -0.3 is 20.1 Å². The summed E-state index contributed by atoms with van der Waals surface area (Å²) in [6.45, 7) is 2.21. The van der Waals surface area contributed by atoms with Gasteiger partial charge in [0, 0.05) is 42.4 Å². The molecule has 2 aromatic heterocycles. The number of fused-ring (bicyclic) bond motifs is 1. The number of piperidine rings is 1. The average molecular weight is 493 g/mol. The van der Waals surface area contributed by atoms with Crippen LogP contribution in [0.25, 0.3) is 22.2 Å². The van der Waals surface area contributed by atoms with Crippen LogP contribution in [-0.4, -0.2) is 45.6 Å². The van der Waals surface area contributed by atoms with Crippen LogP contribution < -0.4 is 16.1 Å². The van der Waals surface area contributed by atoms with Crippen LogP contribution in [0.2, 0.25) is 5.02 Å². The average Bonchev–Trinajstić information content (AvgIpc) is 2.85. The van der Waals surface area contributed by atoms with E-state index in [1.54, 1.807) is 23.9 Å². The third-order valence-corrected chi connectivity index (χ3v) is 6.69. The lowest BCUT2D eigenvalue weighted by Crippen LogP contribution is -2.36. The van der Waals surface area contributed by atoms with Crippen molar-refractivity contribution in [2.24, 2.45) is 7.05 Å².